The summed E-state index contributed by atoms with van der Waals surface area (Å²) in [6.45, 7) is 1.34. The summed E-state index contributed by atoms with van der Waals surface area (Å²) in [4.78, 5) is 13.4. The van der Waals surface area contributed by atoms with Crippen LogP contribution in [0.2, 0.25) is 6.32 Å². The summed E-state index contributed by atoms with van der Waals surface area (Å²) < 4.78 is 24.0. The first-order chi connectivity index (χ1) is 18.0. The number of halogens is 1. The molecule has 5 aromatic rings. The topological polar surface area (TPSA) is 103 Å². The zero-order valence-electron chi connectivity index (χ0n) is 20.4. The third-order valence-electron chi connectivity index (χ3n) is 6.90. The summed E-state index contributed by atoms with van der Waals surface area (Å²) in [5.41, 5.74) is 12.5. The van der Waals surface area contributed by atoms with Crippen LogP contribution in [-0.4, -0.2) is 26.2 Å². The molecule has 2 aromatic carbocycles. The van der Waals surface area contributed by atoms with E-state index in [2.05, 4.69) is 20.9 Å². The van der Waals surface area contributed by atoms with Crippen molar-refractivity contribution in [2.45, 2.75) is 19.7 Å². The van der Waals surface area contributed by atoms with E-state index in [1.54, 1.807) is 12.1 Å². The number of nitriles is 1. The SMILES string of the molecule is Cc1cccc(Oc2ccc3c(c2F)CCB(C#N)c2ncnc4c2c-3c(-c2ccc(N)cc2)n4C)n1. The van der Waals surface area contributed by atoms with E-state index in [-0.39, 0.29) is 5.75 Å². The average molecular weight is 488 g/mol. The number of nitrogen functional groups attached to an aromatic ring is 1. The van der Waals surface area contributed by atoms with E-state index >= 15 is 4.39 Å². The average Bonchev–Trinajstić information content (AvgIpc) is 3.18. The molecular formula is C28H22BFN6O. The van der Waals surface area contributed by atoms with E-state index in [1.807, 2.05) is 61.0 Å². The van der Waals surface area contributed by atoms with E-state index < -0.39 is 12.5 Å². The van der Waals surface area contributed by atoms with Crippen LogP contribution in [0.5, 0.6) is 11.6 Å². The minimum Gasteiger partial charge on any atom is -0.436 e. The summed E-state index contributed by atoms with van der Waals surface area (Å²) in [6, 6.07) is 16.4. The number of nitrogens with zero attached hydrogens (tertiary/aromatic N) is 5. The van der Waals surface area contributed by atoms with Gasteiger partial charge in [0.25, 0.3) is 0 Å². The van der Waals surface area contributed by atoms with Crippen molar-refractivity contribution in [1.82, 2.24) is 19.5 Å². The van der Waals surface area contributed by atoms with Crippen molar-refractivity contribution in [1.29, 1.82) is 5.26 Å². The van der Waals surface area contributed by atoms with Crippen molar-refractivity contribution in [3.05, 3.63) is 78.0 Å². The van der Waals surface area contributed by atoms with Crippen molar-refractivity contribution < 1.29 is 9.13 Å². The van der Waals surface area contributed by atoms with Gasteiger partial charge in [-0.3, -0.25) is 0 Å². The van der Waals surface area contributed by atoms with Gasteiger partial charge in [-0.1, -0.05) is 24.3 Å². The summed E-state index contributed by atoms with van der Waals surface area (Å²) >= 11 is 0. The fourth-order valence-electron chi connectivity index (χ4n) is 5.18. The van der Waals surface area contributed by atoms with E-state index in [4.69, 9.17) is 10.5 Å². The Morgan fingerprint density at radius 3 is 2.68 bits per heavy atom. The molecule has 0 spiro atoms. The standard InChI is InChI=1S/C28H22BFN6O/c1-16-4-3-5-22(35-16)37-21-11-10-19-20(25(21)30)12-13-29(14-31)27-24-23(19)26(17-6-8-18(32)9-7-17)36(2)28(24)34-15-33-27/h3-11,15H,12-13,32H2,1-2H3. The molecule has 3 aromatic heterocycles. The fraction of sp³-hybridized carbons (Fsp3) is 0.143. The van der Waals surface area contributed by atoms with E-state index in [0.29, 0.717) is 41.1 Å². The fourth-order valence-corrected chi connectivity index (χ4v) is 5.18. The Hall–Kier alpha value is -4.71. The lowest BCUT2D eigenvalue weighted by Crippen LogP contribution is -2.34. The Kier molecular flexibility index (Phi) is 5.38. The molecule has 0 saturated carbocycles. The maximum atomic E-state index is 16.1. The maximum Gasteiger partial charge on any atom is 0.323 e. The second-order valence-corrected chi connectivity index (χ2v) is 9.21. The van der Waals surface area contributed by atoms with Crippen LogP contribution in [-0.2, 0) is 13.5 Å². The molecule has 0 saturated heterocycles. The number of pyridine rings is 1. The molecule has 180 valence electrons. The number of aromatic nitrogens is 4. The van der Waals surface area contributed by atoms with Gasteiger partial charge in [0.05, 0.1) is 5.69 Å². The number of nitrogens with two attached hydrogens (primary N) is 1. The smallest absolute Gasteiger partial charge is 0.323 e. The third kappa shape index (κ3) is 3.69. The van der Waals surface area contributed by atoms with E-state index in [0.717, 1.165) is 33.5 Å². The van der Waals surface area contributed by atoms with Crippen LogP contribution in [0, 0.1) is 24.0 Å². The summed E-state index contributed by atoms with van der Waals surface area (Å²) in [7, 11) is 1.92. The number of hydrogen-bond donors (Lipinski definition) is 1. The number of fused-ring (bicyclic) bond motifs is 2. The number of benzene rings is 2. The van der Waals surface area contributed by atoms with Crippen LogP contribution >= 0.6 is 0 Å². The molecule has 2 N–H and O–H groups in total. The van der Waals surface area contributed by atoms with Crippen molar-refractivity contribution in [3.63, 3.8) is 0 Å². The van der Waals surface area contributed by atoms with Crippen LogP contribution in [0.3, 0.4) is 0 Å². The highest BCUT2D eigenvalue weighted by atomic mass is 19.1. The predicted molar refractivity (Wildman–Crippen MR) is 142 cm³/mol. The van der Waals surface area contributed by atoms with Crippen molar-refractivity contribution in [2.75, 3.05) is 5.73 Å². The van der Waals surface area contributed by atoms with Crippen LogP contribution in [0.1, 0.15) is 11.3 Å². The van der Waals surface area contributed by atoms with Crippen LogP contribution in [0.15, 0.2) is 60.9 Å². The van der Waals surface area contributed by atoms with Crippen LogP contribution in [0.25, 0.3) is 33.4 Å². The molecule has 0 bridgehead atoms. The van der Waals surface area contributed by atoms with E-state index in [9.17, 15) is 5.26 Å². The number of aryl methyl sites for hydroxylation is 2. The molecule has 0 aliphatic carbocycles. The van der Waals surface area contributed by atoms with Crippen molar-refractivity contribution in [3.8, 4) is 40.0 Å². The molecule has 7 nitrogen and oxygen atoms in total. The Bertz CT molecular complexity index is 1720. The van der Waals surface area contributed by atoms with Gasteiger partial charge >= 0.3 is 6.71 Å². The molecule has 0 amide bonds. The first-order valence-electron chi connectivity index (χ1n) is 12.0. The lowest BCUT2D eigenvalue weighted by atomic mass is 9.44. The molecule has 1 aliphatic heterocycles. The lowest BCUT2D eigenvalue weighted by molar-refractivity contribution is 0.424. The molecule has 0 radical (unpaired) electrons. The van der Waals surface area contributed by atoms with Crippen LogP contribution < -0.4 is 16.1 Å². The highest BCUT2D eigenvalue weighted by molar-refractivity contribution is 6.81. The van der Waals surface area contributed by atoms with Gasteiger partial charge in [0.15, 0.2) is 11.6 Å². The second kappa shape index (κ2) is 8.75. The Morgan fingerprint density at radius 1 is 1.11 bits per heavy atom. The lowest BCUT2D eigenvalue weighted by Gasteiger charge is -2.19. The molecular weight excluding hydrogens is 466 g/mol. The van der Waals surface area contributed by atoms with Gasteiger partial charge in [0.1, 0.15) is 12.0 Å². The van der Waals surface area contributed by atoms with Gasteiger partial charge in [0.2, 0.25) is 5.88 Å². The second-order valence-electron chi connectivity index (χ2n) is 9.21. The summed E-state index contributed by atoms with van der Waals surface area (Å²) in [6.07, 6.45) is 2.26. The zero-order chi connectivity index (χ0) is 25.7. The minimum absolute atomic E-state index is 0.0941. The van der Waals surface area contributed by atoms with Crippen molar-refractivity contribution >= 4 is 29.0 Å². The largest absolute Gasteiger partial charge is 0.436 e. The van der Waals surface area contributed by atoms with E-state index in [1.165, 1.54) is 6.33 Å². The molecule has 9 heteroatoms. The minimum atomic E-state index is -0.513. The first-order valence-corrected chi connectivity index (χ1v) is 12.0. The highest BCUT2D eigenvalue weighted by Gasteiger charge is 2.33. The Morgan fingerprint density at radius 2 is 1.92 bits per heavy atom. The van der Waals surface area contributed by atoms with Gasteiger partial charge < -0.3 is 15.0 Å². The predicted octanol–water partition coefficient (Wildman–Crippen LogP) is 4.84. The number of hydrogen-bond acceptors (Lipinski definition) is 6. The highest BCUT2D eigenvalue weighted by Crippen LogP contribution is 2.44. The molecule has 4 heterocycles. The normalized spacial score (nSPS) is 12.5. The molecule has 0 fully saturated rings. The van der Waals surface area contributed by atoms with Gasteiger partial charge in [-0.15, -0.1) is 0 Å². The molecule has 0 unspecified atom stereocenters. The number of rotatable bonds is 3. The van der Waals surface area contributed by atoms with Gasteiger partial charge in [-0.2, -0.15) is 0 Å². The van der Waals surface area contributed by atoms with Gasteiger partial charge in [0, 0.05) is 47.0 Å². The molecule has 6 rings (SSSR count). The van der Waals surface area contributed by atoms with Crippen molar-refractivity contribution in [2.24, 2.45) is 7.05 Å². The Labute approximate surface area is 213 Å². The third-order valence-corrected chi connectivity index (χ3v) is 6.90. The Balaban J connectivity index is 1.64. The quantitative estimate of drug-likeness (QED) is 0.288. The molecule has 0 atom stereocenters. The van der Waals surface area contributed by atoms with Gasteiger partial charge in [-0.05, 0) is 60.6 Å². The maximum absolute atomic E-state index is 16.1. The molecule has 37 heavy (non-hydrogen) atoms. The zero-order valence-corrected chi connectivity index (χ0v) is 20.4. The first kappa shape index (κ1) is 22.7. The number of ether oxygens (including phenoxy) is 1. The summed E-state index contributed by atoms with van der Waals surface area (Å²) in [5, 5.41) is 10.8. The number of anilines is 1. The summed E-state index contributed by atoms with van der Waals surface area (Å²) in [5.74, 6) is 2.34. The van der Waals surface area contributed by atoms with Crippen LogP contribution in [0.4, 0.5) is 10.1 Å². The monoisotopic (exact) mass is 488 g/mol. The molecule has 1 aliphatic rings. The van der Waals surface area contributed by atoms with Gasteiger partial charge in [-0.25, -0.2) is 24.6 Å².